The minimum atomic E-state index is 0.0156. The first-order valence-corrected chi connectivity index (χ1v) is 9.00. The summed E-state index contributed by atoms with van der Waals surface area (Å²) in [6.07, 6.45) is 0. The summed E-state index contributed by atoms with van der Waals surface area (Å²) in [6, 6.07) is 16.5. The lowest BCUT2D eigenvalue weighted by Crippen LogP contribution is -2.51. The summed E-state index contributed by atoms with van der Waals surface area (Å²) in [4.78, 5) is 16.6. The minimum absolute atomic E-state index is 0.0156. The van der Waals surface area contributed by atoms with Crippen molar-refractivity contribution in [2.24, 2.45) is 0 Å². The Bertz CT molecular complexity index is 694. The lowest BCUT2D eigenvalue weighted by Gasteiger charge is -2.36. The molecule has 0 spiro atoms. The second-order valence-corrected chi connectivity index (χ2v) is 7.01. The molecule has 3 rings (SSSR count). The maximum atomic E-state index is 12.3. The minimum Gasteiger partial charge on any atom is -0.368 e. The summed E-state index contributed by atoms with van der Waals surface area (Å²) >= 11 is 3.42. The molecular weight excluding hydrogens is 366 g/mol. The number of hydrogen-bond donors (Lipinski definition) is 1. The Morgan fingerprint density at radius 1 is 1.08 bits per heavy atom. The van der Waals surface area contributed by atoms with Gasteiger partial charge in [0.25, 0.3) is 0 Å². The highest BCUT2D eigenvalue weighted by Gasteiger charge is 2.21. The van der Waals surface area contributed by atoms with E-state index in [1.165, 1.54) is 11.3 Å². The van der Waals surface area contributed by atoms with Crippen molar-refractivity contribution in [2.75, 3.05) is 31.1 Å². The molecule has 1 saturated heterocycles. The van der Waals surface area contributed by atoms with E-state index in [-0.39, 0.29) is 6.03 Å². The fourth-order valence-electron chi connectivity index (χ4n) is 2.88. The van der Waals surface area contributed by atoms with Crippen molar-refractivity contribution in [1.82, 2.24) is 10.2 Å². The van der Waals surface area contributed by atoms with Gasteiger partial charge in [0.05, 0.1) is 0 Å². The zero-order valence-electron chi connectivity index (χ0n) is 13.8. The van der Waals surface area contributed by atoms with Crippen LogP contribution in [-0.2, 0) is 6.54 Å². The van der Waals surface area contributed by atoms with Gasteiger partial charge in [-0.3, -0.25) is 0 Å². The molecule has 0 bridgehead atoms. The number of benzene rings is 2. The van der Waals surface area contributed by atoms with E-state index in [4.69, 9.17) is 0 Å². The molecule has 2 aromatic rings. The highest BCUT2D eigenvalue weighted by atomic mass is 79.9. The van der Waals surface area contributed by atoms with Crippen molar-refractivity contribution in [3.63, 3.8) is 0 Å². The van der Waals surface area contributed by atoms with Crippen LogP contribution in [0.5, 0.6) is 0 Å². The number of anilines is 1. The normalized spacial score (nSPS) is 14.6. The Kier molecular flexibility index (Phi) is 5.41. The average Bonchev–Trinajstić information content (AvgIpc) is 2.61. The molecule has 2 aromatic carbocycles. The van der Waals surface area contributed by atoms with Crippen LogP contribution in [0.25, 0.3) is 0 Å². The number of carbonyl (C=O) groups excluding carboxylic acids is 1. The van der Waals surface area contributed by atoms with Gasteiger partial charge in [-0.15, -0.1) is 0 Å². The third-order valence-electron chi connectivity index (χ3n) is 4.29. The predicted molar refractivity (Wildman–Crippen MR) is 101 cm³/mol. The molecule has 1 fully saturated rings. The maximum absolute atomic E-state index is 12.3. The highest BCUT2D eigenvalue weighted by Crippen LogP contribution is 2.18. The van der Waals surface area contributed by atoms with E-state index in [1.807, 2.05) is 29.2 Å². The van der Waals surface area contributed by atoms with Crippen LogP contribution >= 0.6 is 15.9 Å². The summed E-state index contributed by atoms with van der Waals surface area (Å²) < 4.78 is 1.05. The summed E-state index contributed by atoms with van der Waals surface area (Å²) in [6.45, 7) is 5.91. The van der Waals surface area contributed by atoms with Crippen molar-refractivity contribution in [3.8, 4) is 0 Å². The van der Waals surface area contributed by atoms with Crippen molar-refractivity contribution in [2.45, 2.75) is 13.5 Å². The molecule has 1 aliphatic heterocycles. The molecule has 5 heteroatoms. The van der Waals surface area contributed by atoms with Crippen LogP contribution in [0.4, 0.5) is 10.5 Å². The molecule has 1 aliphatic rings. The van der Waals surface area contributed by atoms with E-state index >= 15 is 0 Å². The summed E-state index contributed by atoms with van der Waals surface area (Å²) in [7, 11) is 0. The fourth-order valence-corrected chi connectivity index (χ4v) is 3.15. The zero-order chi connectivity index (χ0) is 16.9. The van der Waals surface area contributed by atoms with Crippen molar-refractivity contribution in [1.29, 1.82) is 0 Å². The molecule has 1 N–H and O–H groups in total. The average molecular weight is 388 g/mol. The first-order valence-electron chi connectivity index (χ1n) is 8.21. The monoisotopic (exact) mass is 387 g/mol. The first-order chi connectivity index (χ1) is 11.6. The molecule has 0 unspecified atom stereocenters. The predicted octanol–water partition coefficient (Wildman–Crippen LogP) is 3.79. The molecule has 0 aromatic heterocycles. The number of nitrogens with zero attached hydrogens (tertiary/aromatic N) is 2. The number of urea groups is 1. The lowest BCUT2D eigenvalue weighted by atomic mass is 10.2. The van der Waals surface area contributed by atoms with Gasteiger partial charge in [-0.25, -0.2) is 4.79 Å². The fraction of sp³-hybridized carbons (Fsp3) is 0.316. The lowest BCUT2D eigenvalue weighted by molar-refractivity contribution is 0.194. The largest absolute Gasteiger partial charge is 0.368 e. The molecule has 0 aliphatic carbocycles. The van der Waals surface area contributed by atoms with Crippen molar-refractivity contribution < 1.29 is 4.79 Å². The topological polar surface area (TPSA) is 35.6 Å². The molecule has 0 saturated carbocycles. The van der Waals surface area contributed by atoms with E-state index in [0.717, 1.165) is 36.2 Å². The zero-order valence-corrected chi connectivity index (χ0v) is 15.4. The number of amides is 2. The van der Waals surface area contributed by atoms with Crippen molar-refractivity contribution in [3.05, 3.63) is 64.1 Å². The Morgan fingerprint density at radius 3 is 2.46 bits per heavy atom. The van der Waals surface area contributed by atoms with Gasteiger partial charge in [-0.1, -0.05) is 40.2 Å². The number of halogens is 1. The van der Waals surface area contributed by atoms with Gasteiger partial charge >= 0.3 is 6.03 Å². The Labute approximate surface area is 151 Å². The molecule has 0 atom stereocenters. The van der Waals surface area contributed by atoms with Gasteiger partial charge in [-0.05, 0) is 42.3 Å². The summed E-state index contributed by atoms with van der Waals surface area (Å²) in [5, 5.41) is 3.01. The van der Waals surface area contributed by atoms with Gasteiger partial charge in [0.2, 0.25) is 0 Å². The maximum Gasteiger partial charge on any atom is 0.317 e. The van der Waals surface area contributed by atoms with E-state index < -0.39 is 0 Å². The quantitative estimate of drug-likeness (QED) is 0.869. The number of carbonyl (C=O) groups is 1. The SMILES string of the molecule is Cc1cccc(N2CCN(C(=O)NCc3ccc(Br)cc3)CC2)c1. The number of hydrogen-bond acceptors (Lipinski definition) is 2. The van der Waals surface area contributed by atoms with Crippen LogP contribution in [0.2, 0.25) is 0 Å². The van der Waals surface area contributed by atoms with Gasteiger partial charge < -0.3 is 15.1 Å². The van der Waals surface area contributed by atoms with Crippen LogP contribution in [0, 0.1) is 6.92 Å². The Morgan fingerprint density at radius 2 is 1.79 bits per heavy atom. The third-order valence-corrected chi connectivity index (χ3v) is 4.82. The molecule has 24 heavy (non-hydrogen) atoms. The molecule has 1 heterocycles. The third kappa shape index (κ3) is 4.29. The van der Waals surface area contributed by atoms with Crippen LogP contribution in [0.15, 0.2) is 53.0 Å². The second kappa shape index (κ2) is 7.71. The van der Waals surface area contributed by atoms with E-state index in [2.05, 4.69) is 57.3 Å². The number of aryl methyl sites for hydroxylation is 1. The van der Waals surface area contributed by atoms with Gasteiger partial charge in [0.15, 0.2) is 0 Å². The number of nitrogens with one attached hydrogen (secondary N) is 1. The van der Waals surface area contributed by atoms with Gasteiger partial charge in [0, 0.05) is 42.9 Å². The highest BCUT2D eigenvalue weighted by molar-refractivity contribution is 9.10. The smallest absolute Gasteiger partial charge is 0.317 e. The van der Waals surface area contributed by atoms with E-state index in [9.17, 15) is 4.79 Å². The van der Waals surface area contributed by atoms with Crippen LogP contribution in [-0.4, -0.2) is 37.1 Å². The van der Waals surface area contributed by atoms with Crippen molar-refractivity contribution >= 4 is 27.6 Å². The van der Waals surface area contributed by atoms with E-state index in [1.54, 1.807) is 0 Å². The molecule has 126 valence electrons. The Balaban J connectivity index is 1.49. The van der Waals surface area contributed by atoms with Crippen LogP contribution < -0.4 is 10.2 Å². The molecule has 2 amide bonds. The molecule has 4 nitrogen and oxygen atoms in total. The number of rotatable bonds is 3. The first kappa shape index (κ1) is 16.8. The Hall–Kier alpha value is -2.01. The standard InChI is InChI=1S/C19H22BrN3O/c1-15-3-2-4-18(13-15)22-9-11-23(12-10-22)19(24)21-14-16-5-7-17(20)8-6-16/h2-8,13H,9-12,14H2,1H3,(H,21,24). The molecule has 0 radical (unpaired) electrons. The summed E-state index contributed by atoms with van der Waals surface area (Å²) in [5.41, 5.74) is 3.61. The summed E-state index contributed by atoms with van der Waals surface area (Å²) in [5.74, 6) is 0. The van der Waals surface area contributed by atoms with Crippen LogP contribution in [0.1, 0.15) is 11.1 Å². The van der Waals surface area contributed by atoms with E-state index in [0.29, 0.717) is 6.54 Å². The second-order valence-electron chi connectivity index (χ2n) is 6.10. The van der Waals surface area contributed by atoms with Gasteiger partial charge in [-0.2, -0.15) is 0 Å². The van der Waals surface area contributed by atoms with Gasteiger partial charge in [0.1, 0.15) is 0 Å². The molecular formula is C19H22BrN3O. The number of piperazine rings is 1. The van der Waals surface area contributed by atoms with Crippen LogP contribution in [0.3, 0.4) is 0 Å².